The van der Waals surface area contributed by atoms with Gasteiger partial charge in [-0.25, -0.2) is 87.2 Å². The second-order valence-corrected chi connectivity index (χ2v) is 37.7. The quantitative estimate of drug-likeness (QED) is 0.0249. The fourth-order valence-electron chi connectivity index (χ4n) is 10.0. The molecule has 38 heteroatoms. The molecule has 10 aromatic heterocycles. The van der Waals surface area contributed by atoms with Crippen LogP contribution in [0.1, 0.15) is 155 Å². The molecule has 0 amide bonds. The number of aliphatic hydroxyl groups is 2. The number of fused-ring (bicyclic) bond motifs is 8. The van der Waals surface area contributed by atoms with Crippen LogP contribution < -0.4 is 67.7 Å². The minimum absolute atomic E-state index is 0.0891. The first-order chi connectivity index (χ1) is 55.6. The second-order valence-electron chi connectivity index (χ2n) is 29.1. The monoisotopic (exact) mass is 1670 g/mol. The first-order valence-electron chi connectivity index (χ1n) is 37.2. The maximum atomic E-state index is 11.9. The molecular weight excluding hydrogens is 1570 g/mol. The summed E-state index contributed by atoms with van der Waals surface area (Å²) in [6.07, 6.45) is 24.4. The Balaban J connectivity index is 0.000000204. The number of hydrogen-bond donors (Lipinski definition) is 11. The molecule has 12 heterocycles. The molecule has 16 N–H and O–H groups in total. The number of allylic oxidation sites excluding steroid dienone is 1. The molecule has 626 valence electrons. The zero-order valence-electron chi connectivity index (χ0n) is 69.3. The van der Waals surface area contributed by atoms with Crippen LogP contribution >= 0.6 is 0 Å². The SMILES string of the molecule is C#Cc1cc(Oc2cnc(NCC(O)CO)nc2N)c(C(=C)C)cn1.CC(C)c1cnc2cc1Oc1cnc(nc1N)CCCOCCN2.Cc1ncc(Oc2cc(C#C[Si](C)(C)C)ncc2C(C)C)c(N)n1.Cc1ncc(Oc2cc(NS(C)(=O)=O)ncc2C(C)C)c(N)n1.Cc1ncc(Oc2cc(S(C)(=N)=O)ncc2C(C)C)c(N)n1. The van der Waals surface area contributed by atoms with Gasteiger partial charge in [-0.2, -0.15) is 4.98 Å². The number of nitrogens with two attached hydrogens (primary N) is 5. The lowest BCUT2D eigenvalue weighted by atomic mass is 10.0. The van der Waals surface area contributed by atoms with Crippen LogP contribution in [0.15, 0.2) is 104 Å². The predicted molar refractivity (Wildman–Crippen MR) is 460 cm³/mol. The van der Waals surface area contributed by atoms with Crippen LogP contribution in [0.5, 0.6) is 57.5 Å². The van der Waals surface area contributed by atoms with Gasteiger partial charge in [0.05, 0.1) is 66.3 Å². The van der Waals surface area contributed by atoms with E-state index in [0.717, 1.165) is 52.7 Å². The van der Waals surface area contributed by atoms with Gasteiger partial charge >= 0.3 is 0 Å². The highest BCUT2D eigenvalue weighted by Crippen LogP contribution is 2.39. The third-order valence-electron chi connectivity index (χ3n) is 16.1. The van der Waals surface area contributed by atoms with Gasteiger partial charge in [-0.3, -0.25) is 4.72 Å². The number of aliphatic hydroxyl groups excluding tert-OH is 2. The summed E-state index contributed by atoms with van der Waals surface area (Å²) >= 11 is 0. The highest BCUT2D eigenvalue weighted by atomic mass is 32.2. The molecule has 0 aromatic carbocycles. The smallest absolute Gasteiger partial charge is 0.230 e. The molecule has 2 atom stereocenters. The number of nitrogen functional groups attached to an aromatic ring is 5. The Morgan fingerprint density at radius 2 is 1.08 bits per heavy atom. The number of anilines is 8. The van der Waals surface area contributed by atoms with Gasteiger partial charge in [-0.15, -0.1) is 12.0 Å². The van der Waals surface area contributed by atoms with Crippen molar-refractivity contribution in [1.29, 1.82) is 4.78 Å². The van der Waals surface area contributed by atoms with Crippen LogP contribution in [0, 0.1) is 49.4 Å². The van der Waals surface area contributed by atoms with E-state index < -0.39 is 33.9 Å². The van der Waals surface area contributed by atoms with Gasteiger partial charge in [0.2, 0.25) is 16.0 Å². The second kappa shape index (κ2) is 42.3. The maximum absolute atomic E-state index is 11.9. The number of ether oxygens (including phenoxy) is 6. The Morgan fingerprint density at radius 3 is 1.58 bits per heavy atom. The minimum atomic E-state index is -3.43. The molecular formula is C80H104N24O11S2Si. The molecule has 2 aliphatic heterocycles. The van der Waals surface area contributed by atoms with Crippen LogP contribution in [0.2, 0.25) is 19.6 Å². The van der Waals surface area contributed by atoms with Crippen molar-refractivity contribution in [3.05, 3.63) is 161 Å². The molecule has 0 fully saturated rings. The van der Waals surface area contributed by atoms with E-state index in [1.165, 1.54) is 37.0 Å². The number of aromatic nitrogens is 15. The number of pyridine rings is 5. The van der Waals surface area contributed by atoms with E-state index in [9.17, 15) is 17.7 Å². The molecule has 118 heavy (non-hydrogen) atoms. The number of nitrogens with one attached hydrogen (secondary N) is 4. The van der Waals surface area contributed by atoms with Crippen LogP contribution in [-0.2, 0) is 30.9 Å². The van der Waals surface area contributed by atoms with Crippen molar-refractivity contribution in [1.82, 2.24) is 74.8 Å². The third-order valence-corrected chi connectivity index (χ3v) is 18.6. The topological polar surface area (TPSA) is 530 Å². The summed E-state index contributed by atoms with van der Waals surface area (Å²) in [4.78, 5) is 62.5. The normalized spacial score (nSPS) is 12.6. The molecule has 10 aromatic rings. The summed E-state index contributed by atoms with van der Waals surface area (Å²) in [6.45, 7) is 35.5. The van der Waals surface area contributed by atoms with Crippen molar-refractivity contribution in [2.45, 2.75) is 150 Å². The molecule has 0 saturated heterocycles. The number of rotatable bonds is 20. The molecule has 0 aliphatic carbocycles. The van der Waals surface area contributed by atoms with Crippen LogP contribution in [0.4, 0.5) is 46.7 Å². The van der Waals surface area contributed by atoms with E-state index in [0.29, 0.717) is 123 Å². The van der Waals surface area contributed by atoms with E-state index in [-0.39, 0.29) is 76.8 Å². The molecule has 0 saturated carbocycles. The van der Waals surface area contributed by atoms with Crippen molar-refractivity contribution < 1.29 is 51.3 Å². The average molecular weight is 1670 g/mol. The molecule has 2 aliphatic rings. The highest BCUT2D eigenvalue weighted by molar-refractivity contribution is 7.92. The molecule has 12 rings (SSSR count). The van der Waals surface area contributed by atoms with Crippen molar-refractivity contribution in [2.24, 2.45) is 0 Å². The van der Waals surface area contributed by atoms with Gasteiger partial charge in [0.25, 0.3) is 0 Å². The first-order valence-corrected chi connectivity index (χ1v) is 44.5. The number of aryl methyl sites for hydroxylation is 4. The lowest BCUT2D eigenvalue weighted by Crippen LogP contribution is -2.23. The third kappa shape index (κ3) is 29.0. The van der Waals surface area contributed by atoms with Gasteiger partial charge in [0, 0.05) is 122 Å². The average Bonchev–Trinajstić information content (AvgIpc) is 0.819. The van der Waals surface area contributed by atoms with Crippen LogP contribution in [0.25, 0.3) is 5.57 Å². The Bertz CT molecular complexity index is 5510. The van der Waals surface area contributed by atoms with Crippen LogP contribution in [0.3, 0.4) is 0 Å². The van der Waals surface area contributed by atoms with Crippen molar-refractivity contribution in [2.75, 3.05) is 89.4 Å². The summed E-state index contributed by atoms with van der Waals surface area (Å²) in [5.41, 5.74) is 39.0. The lowest BCUT2D eigenvalue weighted by molar-refractivity contribution is 0.105. The number of nitrogens with zero attached hydrogens (tertiary/aromatic N) is 15. The molecule has 0 spiro atoms. The maximum Gasteiger partial charge on any atom is 0.230 e. The Kier molecular flexibility index (Phi) is 33.2. The Morgan fingerprint density at radius 1 is 0.593 bits per heavy atom. The van der Waals surface area contributed by atoms with E-state index in [2.05, 4.69) is 161 Å². The zero-order chi connectivity index (χ0) is 86.9. The lowest BCUT2D eigenvalue weighted by Gasteiger charge is -2.16. The van der Waals surface area contributed by atoms with Crippen molar-refractivity contribution in [3.63, 3.8) is 0 Å². The molecule has 2 unspecified atom stereocenters. The molecule has 35 nitrogen and oxygen atoms in total. The predicted octanol–water partition coefficient (Wildman–Crippen LogP) is 12.4. The number of terminal acetylenes is 1. The fourth-order valence-corrected chi connectivity index (χ4v) is 11.6. The summed E-state index contributed by atoms with van der Waals surface area (Å²) in [5, 5.41) is 24.3. The van der Waals surface area contributed by atoms with Gasteiger partial charge in [-0.1, -0.05) is 93.5 Å². The molecule has 4 bridgehead atoms. The van der Waals surface area contributed by atoms with E-state index in [1.807, 2.05) is 59.1 Å². The summed E-state index contributed by atoms with van der Waals surface area (Å²) in [6, 6.07) is 8.37. The fraction of sp³-hybridized carbons (Fsp3) is 0.362. The van der Waals surface area contributed by atoms with Crippen LogP contribution in [-0.4, -0.2) is 157 Å². The summed E-state index contributed by atoms with van der Waals surface area (Å²) in [7, 11) is -7.83. The summed E-state index contributed by atoms with van der Waals surface area (Å²) < 4.78 is 79.5. The van der Waals surface area contributed by atoms with Gasteiger partial charge < -0.3 is 77.9 Å². The first kappa shape index (κ1) is 92.6. The minimum Gasteiger partial charge on any atom is -0.451 e. The van der Waals surface area contributed by atoms with Gasteiger partial charge in [0.1, 0.15) is 88.2 Å². The van der Waals surface area contributed by atoms with E-state index >= 15 is 0 Å². The van der Waals surface area contributed by atoms with Crippen molar-refractivity contribution in [3.8, 4) is 81.3 Å². The summed E-state index contributed by atoms with van der Waals surface area (Å²) in [5.74, 6) is 15.6. The van der Waals surface area contributed by atoms with Gasteiger partial charge in [0.15, 0.2) is 57.8 Å². The van der Waals surface area contributed by atoms with E-state index in [4.69, 9.17) is 73.4 Å². The zero-order valence-corrected chi connectivity index (χ0v) is 71.9. The highest BCUT2D eigenvalue weighted by Gasteiger charge is 2.22. The number of hydrogen-bond acceptors (Lipinski definition) is 34. The largest absolute Gasteiger partial charge is 0.451 e. The number of sulfonamides is 1. The van der Waals surface area contributed by atoms with Gasteiger partial charge in [-0.05, 0) is 63.4 Å². The Hall–Kier alpha value is -12.6. The standard InChI is InChI=1S/C18H24N4OSi.C17H19N5O3.C17H23N5O2.C14H19N5O3S.C14H19N5O2S/c1-12(2)15-10-21-14(7-8-24(4,5)6)9-16(15)23-17-11-20-13(3)22-18(17)19;1-4-11-5-14(13(7-19-11)10(2)3)25-15-8-21-17(22-16(15)18)20-6-12(24)9-23;1-11(2)12-9-20-16-8-13(12)24-14-10-21-15(22-17(14)18)4-3-6-23-7-5-19-16;1-8(2)10-6-17-13(19-23(4,20)21)5-11(10)22-12-7-16-9(3)18-14(12)15;1-8(2)10-6-18-13(22(4,16)20)5-11(10)21-12-7-17-9(3)19-14(12)15/h9-12H,1-6H3,(H2,19,20,22);1,5,7-8,12,23-24H,2,6,9H2,3H3,(H3,18,20,21,22);8-11H,3-7H2,1-2H3,(H,19,20)(H2,18,21,22);5-8H,1-4H3,(H,17,19)(H2,15,16,18);5-8,16H,1-4H3,(H2,15,17,19). The molecule has 0 radical (unpaired) electrons. The Labute approximate surface area is 689 Å². The van der Waals surface area contributed by atoms with Crippen molar-refractivity contribution >= 4 is 80.1 Å². The van der Waals surface area contributed by atoms with E-state index in [1.54, 1.807) is 57.8 Å².